The minimum absolute atomic E-state index is 0.0373. The molecule has 37 heavy (non-hydrogen) atoms. The zero-order valence-corrected chi connectivity index (χ0v) is 22.8. The Morgan fingerprint density at radius 3 is 2.62 bits per heavy atom. The molecule has 0 bridgehead atoms. The van der Waals surface area contributed by atoms with Gasteiger partial charge in [0.1, 0.15) is 6.23 Å². The van der Waals surface area contributed by atoms with Crippen LogP contribution in [0.4, 0.5) is 13.2 Å². The van der Waals surface area contributed by atoms with Gasteiger partial charge in [-0.15, -0.1) is 0 Å². The smallest absolute Gasteiger partial charge is 0.374 e. The topological polar surface area (TPSA) is 95.7 Å². The molecule has 0 saturated carbocycles. The van der Waals surface area contributed by atoms with Crippen LogP contribution in [0.25, 0.3) is 0 Å². The molecule has 1 saturated heterocycles. The molecule has 12 heteroatoms. The number of rotatable bonds is 10. The van der Waals surface area contributed by atoms with Gasteiger partial charge in [-0.25, -0.2) is 8.42 Å². The second kappa shape index (κ2) is 12.6. The average molecular weight is 583 g/mol. The lowest BCUT2D eigenvalue weighted by atomic mass is 9.94. The zero-order chi connectivity index (χ0) is 27.4. The lowest BCUT2D eigenvalue weighted by molar-refractivity contribution is -0.138. The monoisotopic (exact) mass is 581 g/mol. The summed E-state index contributed by atoms with van der Waals surface area (Å²) in [5, 5.41) is 13.6. The number of likely N-dealkylation sites (tertiary alicyclic amines) is 1. The van der Waals surface area contributed by atoms with Crippen LogP contribution < -0.4 is 11.1 Å². The van der Waals surface area contributed by atoms with Gasteiger partial charge in [-0.2, -0.15) is 13.2 Å². The summed E-state index contributed by atoms with van der Waals surface area (Å²) in [7, 11) is -3.58. The first-order chi connectivity index (χ1) is 17.4. The summed E-state index contributed by atoms with van der Waals surface area (Å²) in [6.07, 6.45) is -3.52. The molecular formula is C25H32Cl2F3N3O3S. The van der Waals surface area contributed by atoms with Gasteiger partial charge in [0.05, 0.1) is 16.2 Å². The van der Waals surface area contributed by atoms with E-state index >= 15 is 0 Å². The lowest BCUT2D eigenvalue weighted by Gasteiger charge is -2.33. The van der Waals surface area contributed by atoms with Crippen molar-refractivity contribution < 1.29 is 26.7 Å². The number of nitrogens with zero attached hydrogens (tertiary/aromatic N) is 1. The van der Waals surface area contributed by atoms with Crippen LogP contribution in [0.3, 0.4) is 0 Å². The Morgan fingerprint density at radius 1 is 1.24 bits per heavy atom. The van der Waals surface area contributed by atoms with E-state index in [1.54, 1.807) is 0 Å². The molecule has 1 unspecified atom stereocenters. The number of sulfone groups is 1. The molecule has 0 radical (unpaired) electrons. The maximum atomic E-state index is 14.1. The normalized spacial score (nSPS) is 18.2. The zero-order valence-electron chi connectivity index (χ0n) is 20.5. The second-order valence-electron chi connectivity index (χ2n) is 9.29. The molecular weight excluding hydrogens is 550 g/mol. The van der Waals surface area contributed by atoms with Crippen LogP contribution in [-0.4, -0.2) is 43.8 Å². The molecule has 1 fully saturated rings. The first-order valence-electron chi connectivity index (χ1n) is 12.1. The maximum absolute atomic E-state index is 14.1. The van der Waals surface area contributed by atoms with Crippen LogP contribution in [0, 0.1) is 5.92 Å². The van der Waals surface area contributed by atoms with Crippen molar-refractivity contribution >= 4 is 33.0 Å². The van der Waals surface area contributed by atoms with Gasteiger partial charge < -0.3 is 10.8 Å². The van der Waals surface area contributed by atoms with Crippen LogP contribution in [-0.2, 0) is 29.1 Å². The molecule has 4 N–H and O–H groups in total. The summed E-state index contributed by atoms with van der Waals surface area (Å²) < 4.78 is 67.0. The van der Waals surface area contributed by atoms with Gasteiger partial charge in [0.25, 0.3) is 0 Å². The number of hydrogen-bond donors (Lipinski definition) is 3. The Kier molecular flexibility index (Phi) is 10.3. The van der Waals surface area contributed by atoms with Gasteiger partial charge in [0, 0.05) is 29.7 Å². The predicted molar refractivity (Wildman–Crippen MR) is 139 cm³/mol. The number of hydrogen-bond acceptors (Lipinski definition) is 6. The van der Waals surface area contributed by atoms with E-state index in [2.05, 4.69) is 5.32 Å². The molecule has 206 valence electrons. The Balaban J connectivity index is 1.84. The van der Waals surface area contributed by atoms with Gasteiger partial charge in [-0.1, -0.05) is 30.1 Å². The molecule has 0 amide bonds. The number of benzene rings is 2. The minimum atomic E-state index is -4.68. The van der Waals surface area contributed by atoms with Crippen molar-refractivity contribution in [3.63, 3.8) is 0 Å². The summed E-state index contributed by atoms with van der Waals surface area (Å²) in [5.41, 5.74) is 4.93. The van der Waals surface area contributed by atoms with Gasteiger partial charge in [0.15, 0.2) is 9.84 Å². The second-order valence-corrected chi connectivity index (χ2v) is 12.4. The summed E-state index contributed by atoms with van der Waals surface area (Å²) in [6.45, 7) is 3.25. The Hall–Kier alpha value is -1.40. The highest BCUT2D eigenvalue weighted by molar-refractivity contribution is 7.91. The Bertz CT molecular complexity index is 1190. The highest BCUT2D eigenvalue weighted by Gasteiger charge is 2.36. The molecule has 0 spiro atoms. The number of piperidine rings is 1. The van der Waals surface area contributed by atoms with Crippen LogP contribution in [0.1, 0.15) is 54.7 Å². The Labute approximate surface area is 225 Å². The molecule has 1 aliphatic rings. The fraction of sp³-hybridized carbons (Fsp3) is 0.520. The fourth-order valence-corrected chi connectivity index (χ4v) is 6.29. The lowest BCUT2D eigenvalue weighted by Crippen LogP contribution is -2.36. The molecule has 1 heterocycles. The molecule has 2 aromatic carbocycles. The Morgan fingerprint density at radius 2 is 1.97 bits per heavy atom. The first kappa shape index (κ1) is 30.1. The molecule has 6 nitrogen and oxygen atoms in total. The van der Waals surface area contributed by atoms with Crippen molar-refractivity contribution in [1.29, 1.82) is 0 Å². The average Bonchev–Trinajstić information content (AvgIpc) is 2.83. The van der Waals surface area contributed by atoms with Gasteiger partial charge in [0.2, 0.25) is 0 Å². The molecule has 3 rings (SSSR count). The van der Waals surface area contributed by atoms with Crippen LogP contribution in [0.2, 0.25) is 10.0 Å². The molecule has 0 aromatic heterocycles. The van der Waals surface area contributed by atoms with Gasteiger partial charge in [-0.05, 0) is 85.3 Å². The number of aliphatic hydroxyl groups is 1. The van der Waals surface area contributed by atoms with Crippen LogP contribution in [0.15, 0.2) is 35.2 Å². The van der Waals surface area contributed by atoms with E-state index in [9.17, 15) is 26.7 Å². The highest BCUT2D eigenvalue weighted by atomic mass is 35.5. The minimum Gasteiger partial charge on any atom is -0.374 e. The van der Waals surface area contributed by atoms with Crippen LogP contribution in [0.5, 0.6) is 0 Å². The fourth-order valence-electron chi connectivity index (χ4n) is 4.69. The molecule has 1 aliphatic heterocycles. The molecule has 0 aliphatic carbocycles. The third kappa shape index (κ3) is 7.81. The summed E-state index contributed by atoms with van der Waals surface area (Å²) in [5.74, 6) is 0.199. The van der Waals surface area contributed by atoms with E-state index in [-0.39, 0.29) is 39.9 Å². The predicted octanol–water partition coefficient (Wildman–Crippen LogP) is 5.15. The number of nitrogens with one attached hydrogen (secondary N) is 1. The largest absolute Gasteiger partial charge is 0.416 e. The van der Waals surface area contributed by atoms with E-state index < -0.39 is 27.8 Å². The number of halogens is 5. The number of nitrogens with two attached hydrogens (primary N) is 1. The molecule has 2 atom stereocenters. The third-order valence-corrected chi connectivity index (χ3v) is 9.02. The summed E-state index contributed by atoms with van der Waals surface area (Å²) in [6, 6.07) is 6.46. The standard InChI is InChI=1S/C25H32Cl2F3N3O3S/c1-2-37(35,36)23-6-5-19(26)10-18(23)13-32-24(34)17-11-21(25(28,29)30)20(22(27)12-17)15-33-9-3-4-16(14-33)7-8-31/h5-6,10-12,16,24,32,34H,2-4,7-9,13-15,31H2,1H3/t16-,24?/m1/s1. The van der Waals surface area contributed by atoms with Crippen molar-refractivity contribution in [2.75, 3.05) is 25.4 Å². The summed E-state index contributed by atoms with van der Waals surface area (Å²) in [4.78, 5) is 2.00. The first-order valence-corrected chi connectivity index (χ1v) is 14.5. The molecule has 2 aromatic rings. The van der Waals surface area contributed by atoms with Crippen LogP contribution >= 0.6 is 23.2 Å². The quantitative estimate of drug-likeness (QED) is 0.336. The van der Waals surface area contributed by atoms with E-state index in [4.69, 9.17) is 28.9 Å². The van der Waals surface area contributed by atoms with Gasteiger partial charge in [-0.3, -0.25) is 10.2 Å². The van der Waals surface area contributed by atoms with E-state index in [1.165, 1.54) is 31.2 Å². The van der Waals surface area contributed by atoms with Gasteiger partial charge >= 0.3 is 6.18 Å². The number of aliphatic hydroxyl groups excluding tert-OH is 1. The SMILES string of the molecule is CCS(=O)(=O)c1ccc(Cl)cc1CNC(O)c1cc(Cl)c(CN2CCC[C@H](CCN)C2)c(C(F)(F)F)c1. The van der Waals surface area contributed by atoms with Crippen molar-refractivity contribution in [2.24, 2.45) is 11.7 Å². The number of alkyl halides is 3. The summed E-state index contributed by atoms with van der Waals surface area (Å²) >= 11 is 12.4. The van der Waals surface area contributed by atoms with E-state index in [1.807, 2.05) is 4.90 Å². The van der Waals surface area contributed by atoms with Crippen molar-refractivity contribution in [3.8, 4) is 0 Å². The highest BCUT2D eigenvalue weighted by Crippen LogP contribution is 2.38. The maximum Gasteiger partial charge on any atom is 0.416 e. The third-order valence-electron chi connectivity index (χ3n) is 6.62. The van der Waals surface area contributed by atoms with E-state index in [0.717, 1.165) is 25.3 Å². The van der Waals surface area contributed by atoms with Crippen molar-refractivity contribution in [3.05, 3.63) is 62.6 Å². The van der Waals surface area contributed by atoms with Crippen molar-refractivity contribution in [1.82, 2.24) is 10.2 Å². The van der Waals surface area contributed by atoms with Crippen molar-refractivity contribution in [2.45, 2.75) is 56.6 Å². The van der Waals surface area contributed by atoms with E-state index in [0.29, 0.717) is 36.1 Å².